The Morgan fingerprint density at radius 1 is 1.26 bits per heavy atom. The van der Waals surface area contributed by atoms with Crippen molar-refractivity contribution in [1.29, 1.82) is 0 Å². The fraction of sp³-hybridized carbons (Fsp3) is 0.357. The Balaban J connectivity index is 1.75. The number of ether oxygens (including phenoxy) is 2. The molecule has 100 valence electrons. The number of hydrogen-bond donors (Lipinski definition) is 2. The zero-order valence-electron chi connectivity index (χ0n) is 10.6. The maximum absolute atomic E-state index is 5.98. The highest BCUT2D eigenvalue weighted by Crippen LogP contribution is 2.25. The van der Waals surface area contributed by atoms with Crippen LogP contribution in [-0.2, 0) is 4.74 Å². The van der Waals surface area contributed by atoms with Gasteiger partial charge in [0.25, 0.3) is 0 Å². The summed E-state index contributed by atoms with van der Waals surface area (Å²) in [5.74, 6) is 1.36. The minimum atomic E-state index is 0.246. The lowest BCUT2D eigenvalue weighted by Gasteiger charge is -2.23. The fourth-order valence-electron chi connectivity index (χ4n) is 2.21. The smallest absolute Gasteiger partial charge is 0.145 e. The van der Waals surface area contributed by atoms with Crippen molar-refractivity contribution in [3.8, 4) is 17.0 Å². The number of nitrogens with one attached hydrogen (secondary N) is 1. The summed E-state index contributed by atoms with van der Waals surface area (Å²) < 4.78 is 11.3. The van der Waals surface area contributed by atoms with Gasteiger partial charge < -0.3 is 15.2 Å². The van der Waals surface area contributed by atoms with Crippen LogP contribution in [0.5, 0.6) is 5.75 Å². The third kappa shape index (κ3) is 2.88. The number of nitrogens with zero attached hydrogens (tertiary/aromatic N) is 1. The third-order valence-corrected chi connectivity index (χ3v) is 3.21. The van der Waals surface area contributed by atoms with Crippen molar-refractivity contribution in [3.05, 3.63) is 30.3 Å². The number of nitrogens with two attached hydrogens (primary N) is 1. The molecule has 1 aliphatic heterocycles. The van der Waals surface area contributed by atoms with Crippen LogP contribution in [0.1, 0.15) is 12.8 Å². The van der Waals surface area contributed by atoms with Gasteiger partial charge in [0.15, 0.2) is 0 Å². The molecule has 2 aromatic rings. The van der Waals surface area contributed by atoms with Gasteiger partial charge in [-0.3, -0.25) is 5.10 Å². The minimum absolute atomic E-state index is 0.246. The second-order valence-electron chi connectivity index (χ2n) is 4.66. The molecule has 0 spiro atoms. The van der Waals surface area contributed by atoms with E-state index in [9.17, 15) is 0 Å². The number of aromatic nitrogens is 2. The molecule has 3 rings (SSSR count). The summed E-state index contributed by atoms with van der Waals surface area (Å²) in [7, 11) is 0. The zero-order chi connectivity index (χ0) is 13.1. The van der Waals surface area contributed by atoms with Crippen LogP contribution in [0.2, 0.25) is 0 Å². The van der Waals surface area contributed by atoms with E-state index in [1.54, 1.807) is 0 Å². The number of rotatable bonds is 3. The fourth-order valence-corrected chi connectivity index (χ4v) is 2.21. The average Bonchev–Trinajstić information content (AvgIpc) is 2.87. The zero-order valence-corrected chi connectivity index (χ0v) is 10.6. The molecule has 0 aliphatic carbocycles. The van der Waals surface area contributed by atoms with Gasteiger partial charge in [0, 0.05) is 24.5 Å². The first-order chi connectivity index (χ1) is 9.31. The van der Waals surface area contributed by atoms with E-state index in [4.69, 9.17) is 15.2 Å². The molecule has 0 bridgehead atoms. The van der Waals surface area contributed by atoms with Crippen molar-refractivity contribution >= 4 is 5.82 Å². The van der Waals surface area contributed by atoms with Crippen molar-refractivity contribution in [3.63, 3.8) is 0 Å². The lowest BCUT2D eigenvalue weighted by molar-refractivity contribution is 0.0256. The second-order valence-corrected chi connectivity index (χ2v) is 4.66. The summed E-state index contributed by atoms with van der Waals surface area (Å²) in [4.78, 5) is 0. The van der Waals surface area contributed by atoms with E-state index in [0.29, 0.717) is 5.82 Å². The minimum Gasteiger partial charge on any atom is -0.490 e. The van der Waals surface area contributed by atoms with Gasteiger partial charge in [-0.2, -0.15) is 5.10 Å². The summed E-state index contributed by atoms with van der Waals surface area (Å²) >= 11 is 0. The maximum atomic E-state index is 5.98. The molecule has 2 heterocycles. The number of nitrogen functional groups attached to an aromatic ring is 1. The average molecular weight is 259 g/mol. The van der Waals surface area contributed by atoms with Crippen LogP contribution in [0.15, 0.2) is 30.3 Å². The maximum Gasteiger partial charge on any atom is 0.145 e. The molecule has 1 saturated heterocycles. The van der Waals surface area contributed by atoms with Crippen LogP contribution in [0.4, 0.5) is 5.82 Å². The number of hydrogen-bond acceptors (Lipinski definition) is 4. The van der Waals surface area contributed by atoms with Crippen molar-refractivity contribution in [2.24, 2.45) is 0 Å². The Morgan fingerprint density at radius 3 is 2.84 bits per heavy atom. The lowest BCUT2D eigenvalue weighted by atomic mass is 10.1. The molecule has 3 N–H and O–H groups in total. The van der Waals surface area contributed by atoms with E-state index in [-0.39, 0.29) is 6.10 Å². The molecule has 19 heavy (non-hydrogen) atoms. The highest BCUT2D eigenvalue weighted by atomic mass is 16.5. The van der Waals surface area contributed by atoms with Crippen LogP contribution < -0.4 is 10.5 Å². The Kier molecular flexibility index (Phi) is 3.37. The van der Waals surface area contributed by atoms with Crippen LogP contribution in [0, 0.1) is 0 Å². The van der Waals surface area contributed by atoms with E-state index in [1.807, 2.05) is 30.3 Å². The summed E-state index contributed by atoms with van der Waals surface area (Å²) in [6, 6.07) is 9.76. The molecule has 1 aromatic carbocycles. The predicted molar refractivity (Wildman–Crippen MR) is 72.9 cm³/mol. The van der Waals surface area contributed by atoms with E-state index in [0.717, 1.165) is 43.1 Å². The lowest BCUT2D eigenvalue weighted by Crippen LogP contribution is -2.25. The summed E-state index contributed by atoms with van der Waals surface area (Å²) in [5.41, 5.74) is 7.54. The molecule has 0 radical (unpaired) electrons. The molecule has 1 aliphatic rings. The number of anilines is 1. The van der Waals surface area contributed by atoms with Crippen LogP contribution in [0.25, 0.3) is 11.3 Å². The normalized spacial score (nSPS) is 16.4. The summed E-state index contributed by atoms with van der Waals surface area (Å²) in [5, 5.41) is 6.84. The van der Waals surface area contributed by atoms with Gasteiger partial charge in [-0.25, -0.2) is 0 Å². The molecular weight excluding hydrogens is 242 g/mol. The van der Waals surface area contributed by atoms with Gasteiger partial charge in [0.05, 0.1) is 18.9 Å². The van der Waals surface area contributed by atoms with Crippen molar-refractivity contribution in [2.45, 2.75) is 18.9 Å². The van der Waals surface area contributed by atoms with Gasteiger partial charge in [-0.1, -0.05) is 12.1 Å². The highest BCUT2D eigenvalue weighted by molar-refractivity contribution is 5.63. The Hall–Kier alpha value is -2.01. The van der Waals surface area contributed by atoms with E-state index in [1.165, 1.54) is 0 Å². The van der Waals surface area contributed by atoms with Crippen molar-refractivity contribution in [2.75, 3.05) is 18.9 Å². The summed E-state index contributed by atoms with van der Waals surface area (Å²) in [6.45, 7) is 1.56. The van der Waals surface area contributed by atoms with Gasteiger partial charge >= 0.3 is 0 Å². The SMILES string of the molecule is Nc1cc(-c2cccc(OC3CCOCC3)c2)[nH]n1. The number of aromatic amines is 1. The van der Waals surface area contributed by atoms with Gasteiger partial charge in [-0.15, -0.1) is 0 Å². The van der Waals surface area contributed by atoms with Gasteiger partial charge in [0.2, 0.25) is 0 Å². The van der Waals surface area contributed by atoms with Crippen LogP contribution in [0.3, 0.4) is 0 Å². The molecule has 0 unspecified atom stereocenters. The highest BCUT2D eigenvalue weighted by Gasteiger charge is 2.15. The Bertz CT molecular complexity index is 547. The summed E-state index contributed by atoms with van der Waals surface area (Å²) in [6.07, 6.45) is 2.14. The molecular formula is C14H17N3O2. The topological polar surface area (TPSA) is 73.2 Å². The predicted octanol–water partition coefficient (Wildman–Crippen LogP) is 2.22. The first-order valence-corrected chi connectivity index (χ1v) is 6.47. The van der Waals surface area contributed by atoms with E-state index in [2.05, 4.69) is 10.2 Å². The van der Waals surface area contributed by atoms with Gasteiger partial charge in [0.1, 0.15) is 17.7 Å². The number of H-pyrrole nitrogens is 1. The van der Waals surface area contributed by atoms with Crippen molar-refractivity contribution < 1.29 is 9.47 Å². The molecule has 0 saturated carbocycles. The van der Waals surface area contributed by atoms with Crippen LogP contribution in [-0.4, -0.2) is 29.5 Å². The molecule has 0 atom stereocenters. The van der Waals surface area contributed by atoms with Crippen LogP contribution >= 0.6 is 0 Å². The molecule has 1 aromatic heterocycles. The van der Waals surface area contributed by atoms with E-state index < -0.39 is 0 Å². The third-order valence-electron chi connectivity index (χ3n) is 3.21. The quantitative estimate of drug-likeness (QED) is 0.886. The monoisotopic (exact) mass is 259 g/mol. The van der Waals surface area contributed by atoms with Gasteiger partial charge in [-0.05, 0) is 12.1 Å². The second kappa shape index (κ2) is 5.32. The first-order valence-electron chi connectivity index (χ1n) is 6.47. The first kappa shape index (κ1) is 12.0. The largest absolute Gasteiger partial charge is 0.490 e. The van der Waals surface area contributed by atoms with Crippen molar-refractivity contribution in [1.82, 2.24) is 10.2 Å². The molecule has 5 nitrogen and oxygen atoms in total. The van der Waals surface area contributed by atoms with E-state index >= 15 is 0 Å². The molecule has 1 fully saturated rings. The number of benzene rings is 1. The molecule has 0 amide bonds. The Labute approximate surface area is 111 Å². The Morgan fingerprint density at radius 2 is 2.11 bits per heavy atom. The molecule has 5 heteroatoms. The standard InChI is InChI=1S/C14H17N3O2/c15-14-9-13(16-17-14)10-2-1-3-12(8-10)19-11-4-6-18-7-5-11/h1-3,8-9,11H,4-7H2,(H3,15,16,17).